The first-order valence-corrected chi connectivity index (χ1v) is 7.67. The number of hydrogen-bond acceptors (Lipinski definition) is 3. The zero-order valence-electron chi connectivity index (χ0n) is 11.9. The predicted octanol–water partition coefficient (Wildman–Crippen LogP) is 3.16. The summed E-state index contributed by atoms with van der Waals surface area (Å²) in [4.78, 5) is 3.85. The third-order valence-electron chi connectivity index (χ3n) is 3.80. The van der Waals surface area contributed by atoms with E-state index in [9.17, 15) is 0 Å². The summed E-state index contributed by atoms with van der Waals surface area (Å²) in [5.74, 6) is 1.27. The van der Waals surface area contributed by atoms with Crippen LogP contribution in [-0.4, -0.2) is 31.9 Å². The first-order chi connectivity index (χ1) is 8.54. The van der Waals surface area contributed by atoms with Crippen molar-refractivity contribution in [3.63, 3.8) is 0 Å². The zero-order chi connectivity index (χ0) is 13.2. The minimum atomic E-state index is 0.130. The van der Waals surface area contributed by atoms with Gasteiger partial charge in [-0.25, -0.2) is 0 Å². The van der Waals surface area contributed by atoms with Crippen molar-refractivity contribution in [1.29, 1.82) is 0 Å². The summed E-state index contributed by atoms with van der Waals surface area (Å²) < 4.78 is 0. The van der Waals surface area contributed by atoms with Crippen molar-refractivity contribution in [3.05, 3.63) is 23.8 Å². The van der Waals surface area contributed by atoms with Crippen molar-refractivity contribution in [2.45, 2.75) is 37.1 Å². The maximum atomic E-state index is 3.28. The van der Waals surface area contributed by atoms with Crippen LogP contribution in [0.3, 0.4) is 0 Å². The topological polar surface area (TPSA) is 15.3 Å². The summed E-state index contributed by atoms with van der Waals surface area (Å²) in [5, 5.41) is 3.28. The lowest BCUT2D eigenvalue weighted by molar-refractivity contribution is 0.463. The van der Waals surface area contributed by atoms with Gasteiger partial charge < -0.3 is 10.2 Å². The molecule has 2 rings (SSSR count). The lowest BCUT2D eigenvalue weighted by Gasteiger charge is -2.38. The molecular weight excluding hydrogens is 240 g/mol. The summed E-state index contributed by atoms with van der Waals surface area (Å²) in [6.07, 6.45) is 2.54. The monoisotopic (exact) mass is 264 g/mol. The predicted molar refractivity (Wildman–Crippen MR) is 81.9 cm³/mol. The van der Waals surface area contributed by atoms with E-state index in [0.29, 0.717) is 0 Å². The van der Waals surface area contributed by atoms with E-state index >= 15 is 0 Å². The highest BCUT2D eigenvalue weighted by Crippen LogP contribution is 2.33. The number of hydrogen-bond donors (Lipinski definition) is 1. The number of nitrogens with zero attached hydrogens (tertiary/aromatic N) is 1. The Morgan fingerprint density at radius 2 is 2.17 bits per heavy atom. The molecule has 2 nitrogen and oxygen atoms in total. The largest absolute Gasteiger partial charge is 0.368 e. The Labute approximate surface area is 115 Å². The normalized spacial score (nSPS) is 15.3. The number of aryl methyl sites for hydroxylation is 1. The van der Waals surface area contributed by atoms with Crippen LogP contribution in [0.15, 0.2) is 23.1 Å². The average molecular weight is 264 g/mol. The molecule has 0 unspecified atom stereocenters. The SMILES string of the molecule is CNCC(C)(C)N(C)c1ccc2c(c1)CCCS2. The minimum absolute atomic E-state index is 0.130. The van der Waals surface area contributed by atoms with E-state index in [1.54, 1.807) is 0 Å². The summed E-state index contributed by atoms with van der Waals surface area (Å²) in [6, 6.07) is 6.92. The third kappa shape index (κ3) is 2.83. The molecule has 0 atom stereocenters. The molecule has 0 aromatic heterocycles. The van der Waals surface area contributed by atoms with E-state index in [-0.39, 0.29) is 5.54 Å². The Morgan fingerprint density at radius 3 is 2.89 bits per heavy atom. The van der Waals surface area contributed by atoms with Gasteiger partial charge in [0.25, 0.3) is 0 Å². The van der Waals surface area contributed by atoms with Crippen molar-refractivity contribution >= 4 is 17.4 Å². The Bertz CT molecular complexity index is 415. The summed E-state index contributed by atoms with van der Waals surface area (Å²) in [6.45, 7) is 5.53. The Kier molecular flexibility index (Phi) is 4.23. The first-order valence-electron chi connectivity index (χ1n) is 6.69. The van der Waals surface area contributed by atoms with Crippen molar-refractivity contribution in [1.82, 2.24) is 5.32 Å². The molecule has 1 N–H and O–H groups in total. The number of fused-ring (bicyclic) bond motifs is 1. The number of benzene rings is 1. The van der Waals surface area contributed by atoms with Crippen LogP contribution < -0.4 is 10.2 Å². The van der Waals surface area contributed by atoms with Crippen LogP contribution in [0.5, 0.6) is 0 Å². The fourth-order valence-electron chi connectivity index (χ4n) is 2.46. The quantitative estimate of drug-likeness (QED) is 0.899. The highest BCUT2D eigenvalue weighted by molar-refractivity contribution is 7.99. The molecule has 3 heteroatoms. The van der Waals surface area contributed by atoms with E-state index in [1.165, 1.54) is 34.7 Å². The molecule has 0 spiro atoms. The minimum Gasteiger partial charge on any atom is -0.368 e. The van der Waals surface area contributed by atoms with Gasteiger partial charge in [-0.05, 0) is 63.3 Å². The molecule has 18 heavy (non-hydrogen) atoms. The first kappa shape index (κ1) is 13.8. The number of rotatable bonds is 4. The van der Waals surface area contributed by atoms with Crippen LogP contribution in [0.4, 0.5) is 5.69 Å². The average Bonchev–Trinajstić information content (AvgIpc) is 2.37. The highest BCUT2D eigenvalue weighted by atomic mass is 32.2. The Balaban J connectivity index is 2.23. The van der Waals surface area contributed by atoms with E-state index in [2.05, 4.69) is 49.3 Å². The second-order valence-corrected chi connectivity index (χ2v) is 6.78. The second-order valence-electron chi connectivity index (χ2n) is 5.65. The van der Waals surface area contributed by atoms with Crippen molar-refractivity contribution in [3.8, 4) is 0 Å². The van der Waals surface area contributed by atoms with Crippen LogP contribution in [0.2, 0.25) is 0 Å². The van der Waals surface area contributed by atoms with Crippen LogP contribution >= 0.6 is 11.8 Å². The molecule has 0 aliphatic carbocycles. The fourth-order valence-corrected chi connectivity index (χ4v) is 3.48. The summed E-state index contributed by atoms with van der Waals surface area (Å²) in [7, 11) is 4.20. The second kappa shape index (κ2) is 5.54. The lowest BCUT2D eigenvalue weighted by Crippen LogP contribution is -2.48. The van der Waals surface area contributed by atoms with Crippen molar-refractivity contribution < 1.29 is 0 Å². The Morgan fingerprint density at radius 1 is 1.39 bits per heavy atom. The maximum absolute atomic E-state index is 3.28. The molecule has 0 saturated carbocycles. The van der Waals surface area contributed by atoms with Crippen LogP contribution in [0, 0.1) is 0 Å². The van der Waals surface area contributed by atoms with Crippen molar-refractivity contribution in [2.75, 3.05) is 31.3 Å². The van der Waals surface area contributed by atoms with Crippen LogP contribution in [-0.2, 0) is 6.42 Å². The molecule has 100 valence electrons. The molecule has 1 aliphatic heterocycles. The molecule has 1 heterocycles. The van der Waals surface area contributed by atoms with Crippen LogP contribution in [0.25, 0.3) is 0 Å². The van der Waals surface area contributed by atoms with Crippen molar-refractivity contribution in [2.24, 2.45) is 0 Å². The number of nitrogens with one attached hydrogen (secondary N) is 1. The van der Waals surface area contributed by atoms with Crippen LogP contribution in [0.1, 0.15) is 25.8 Å². The van der Waals surface area contributed by atoms with Gasteiger partial charge in [0.05, 0.1) is 0 Å². The molecular formula is C15H24N2S. The maximum Gasteiger partial charge on any atom is 0.0466 e. The van der Waals surface area contributed by atoms with Gasteiger partial charge in [-0.15, -0.1) is 11.8 Å². The van der Waals surface area contributed by atoms with Gasteiger partial charge >= 0.3 is 0 Å². The molecule has 0 bridgehead atoms. The molecule has 0 saturated heterocycles. The Hall–Kier alpha value is -0.670. The highest BCUT2D eigenvalue weighted by Gasteiger charge is 2.23. The van der Waals surface area contributed by atoms with E-state index in [4.69, 9.17) is 0 Å². The van der Waals surface area contributed by atoms with Gasteiger partial charge in [-0.3, -0.25) is 0 Å². The number of thioether (sulfide) groups is 1. The van der Waals surface area contributed by atoms with Gasteiger partial charge in [0.2, 0.25) is 0 Å². The van der Waals surface area contributed by atoms with E-state index in [1.807, 2.05) is 18.8 Å². The number of likely N-dealkylation sites (N-methyl/N-ethyl adjacent to an activating group) is 2. The van der Waals surface area contributed by atoms with E-state index in [0.717, 1.165) is 6.54 Å². The molecule has 1 aromatic carbocycles. The van der Waals surface area contributed by atoms with Gasteiger partial charge in [-0.1, -0.05) is 0 Å². The smallest absolute Gasteiger partial charge is 0.0466 e. The molecule has 0 fully saturated rings. The van der Waals surface area contributed by atoms with Gasteiger partial charge in [0, 0.05) is 29.7 Å². The summed E-state index contributed by atoms with van der Waals surface area (Å²) in [5.41, 5.74) is 2.98. The van der Waals surface area contributed by atoms with Gasteiger partial charge in [-0.2, -0.15) is 0 Å². The lowest BCUT2D eigenvalue weighted by atomic mass is 10.0. The van der Waals surface area contributed by atoms with Gasteiger partial charge in [0.15, 0.2) is 0 Å². The molecule has 0 amide bonds. The standard InChI is InChI=1S/C15H24N2S/c1-15(2,11-16-3)17(4)13-7-8-14-12(10-13)6-5-9-18-14/h7-8,10,16H,5-6,9,11H2,1-4H3. The summed E-state index contributed by atoms with van der Waals surface area (Å²) >= 11 is 2.00. The van der Waals surface area contributed by atoms with E-state index < -0.39 is 0 Å². The third-order valence-corrected chi connectivity index (χ3v) is 5.00. The molecule has 1 aliphatic rings. The molecule has 1 aromatic rings. The molecule has 0 radical (unpaired) electrons. The van der Waals surface area contributed by atoms with Gasteiger partial charge in [0.1, 0.15) is 0 Å². The fraction of sp³-hybridized carbons (Fsp3) is 0.600. The number of anilines is 1. The zero-order valence-corrected chi connectivity index (χ0v) is 12.7.